The standard InChI is InChI=1S/C11H13N3O2/c1-15-9-11-7-12-13-14(11)16-8-10-5-3-2-4-6-10/h2-7H,8-9H2,1H3. The SMILES string of the molecule is COCc1cnnn1OCc1ccccc1. The van der Waals surface area contributed by atoms with E-state index in [1.54, 1.807) is 13.3 Å². The molecular weight excluding hydrogens is 206 g/mol. The third-order valence-corrected chi connectivity index (χ3v) is 2.07. The van der Waals surface area contributed by atoms with Gasteiger partial charge in [-0.3, -0.25) is 0 Å². The second kappa shape index (κ2) is 5.27. The monoisotopic (exact) mass is 219 g/mol. The molecule has 0 atom stereocenters. The van der Waals surface area contributed by atoms with E-state index in [4.69, 9.17) is 9.57 Å². The van der Waals surface area contributed by atoms with Gasteiger partial charge in [0.15, 0.2) is 0 Å². The Bertz CT molecular complexity index is 428. The smallest absolute Gasteiger partial charge is 0.142 e. The van der Waals surface area contributed by atoms with Gasteiger partial charge in [-0.2, -0.15) is 0 Å². The lowest BCUT2D eigenvalue weighted by Gasteiger charge is -2.07. The minimum absolute atomic E-state index is 0.432. The molecule has 2 rings (SSSR count). The van der Waals surface area contributed by atoms with Crippen molar-refractivity contribution in [3.05, 3.63) is 47.8 Å². The highest BCUT2D eigenvalue weighted by molar-refractivity contribution is 5.13. The molecule has 1 aromatic heterocycles. The topological polar surface area (TPSA) is 49.2 Å². The van der Waals surface area contributed by atoms with Gasteiger partial charge < -0.3 is 9.57 Å². The molecule has 0 bridgehead atoms. The van der Waals surface area contributed by atoms with Gasteiger partial charge in [0.05, 0.1) is 12.8 Å². The number of hydrogen-bond acceptors (Lipinski definition) is 4. The summed E-state index contributed by atoms with van der Waals surface area (Å²) < 4.78 is 5.00. The highest BCUT2D eigenvalue weighted by atomic mass is 16.7. The van der Waals surface area contributed by atoms with Crippen LogP contribution in [0.25, 0.3) is 0 Å². The van der Waals surface area contributed by atoms with Gasteiger partial charge in [0.2, 0.25) is 0 Å². The van der Waals surface area contributed by atoms with Crippen LogP contribution in [0.4, 0.5) is 0 Å². The van der Waals surface area contributed by atoms with Gasteiger partial charge in [0, 0.05) is 7.11 Å². The molecule has 2 aromatic rings. The number of ether oxygens (including phenoxy) is 1. The first-order valence-corrected chi connectivity index (χ1v) is 4.96. The maximum atomic E-state index is 5.48. The van der Waals surface area contributed by atoms with Crippen LogP contribution in [-0.4, -0.2) is 22.3 Å². The third kappa shape index (κ3) is 2.58. The maximum absolute atomic E-state index is 5.48. The van der Waals surface area contributed by atoms with Gasteiger partial charge in [0.1, 0.15) is 12.3 Å². The zero-order valence-corrected chi connectivity index (χ0v) is 9.04. The maximum Gasteiger partial charge on any atom is 0.142 e. The third-order valence-electron chi connectivity index (χ3n) is 2.07. The van der Waals surface area contributed by atoms with Crippen molar-refractivity contribution in [1.29, 1.82) is 0 Å². The van der Waals surface area contributed by atoms with E-state index in [2.05, 4.69) is 10.3 Å². The predicted octanol–water partition coefficient (Wildman–Crippen LogP) is 1.05. The quantitative estimate of drug-likeness (QED) is 0.754. The molecule has 5 nitrogen and oxygen atoms in total. The molecule has 0 aliphatic heterocycles. The fraction of sp³-hybridized carbons (Fsp3) is 0.273. The summed E-state index contributed by atoms with van der Waals surface area (Å²) in [5.41, 5.74) is 1.87. The van der Waals surface area contributed by atoms with Gasteiger partial charge in [-0.15, -0.1) is 5.10 Å². The van der Waals surface area contributed by atoms with E-state index in [0.717, 1.165) is 11.3 Å². The Morgan fingerprint density at radius 1 is 1.19 bits per heavy atom. The van der Waals surface area contributed by atoms with Gasteiger partial charge in [-0.05, 0) is 10.8 Å². The van der Waals surface area contributed by atoms with Crippen LogP contribution in [0.1, 0.15) is 11.3 Å². The minimum Gasteiger partial charge on any atom is -0.390 e. The summed E-state index contributed by atoms with van der Waals surface area (Å²) in [6, 6.07) is 9.89. The van der Waals surface area contributed by atoms with Crippen molar-refractivity contribution in [3.63, 3.8) is 0 Å². The molecule has 16 heavy (non-hydrogen) atoms. The van der Waals surface area contributed by atoms with E-state index in [-0.39, 0.29) is 0 Å². The van der Waals surface area contributed by atoms with Gasteiger partial charge in [-0.1, -0.05) is 35.2 Å². The molecule has 1 heterocycles. The van der Waals surface area contributed by atoms with Crippen LogP contribution in [-0.2, 0) is 18.0 Å². The lowest BCUT2D eigenvalue weighted by molar-refractivity contribution is 0.0471. The first-order chi connectivity index (χ1) is 7.90. The van der Waals surface area contributed by atoms with Crippen LogP contribution in [0.5, 0.6) is 0 Å². The van der Waals surface area contributed by atoms with Gasteiger partial charge >= 0.3 is 0 Å². The van der Waals surface area contributed by atoms with Crippen molar-refractivity contribution in [2.75, 3.05) is 7.11 Å². The lowest BCUT2D eigenvalue weighted by atomic mass is 10.2. The molecule has 0 saturated carbocycles. The van der Waals surface area contributed by atoms with Crippen molar-refractivity contribution < 1.29 is 9.57 Å². The average Bonchev–Trinajstić information content (AvgIpc) is 2.76. The largest absolute Gasteiger partial charge is 0.390 e. The van der Waals surface area contributed by atoms with Crippen LogP contribution in [0.3, 0.4) is 0 Å². The van der Waals surface area contributed by atoms with Crippen molar-refractivity contribution in [1.82, 2.24) is 15.2 Å². The molecule has 0 aliphatic rings. The first-order valence-electron chi connectivity index (χ1n) is 4.96. The van der Waals surface area contributed by atoms with Crippen LogP contribution < -0.4 is 4.84 Å². The number of rotatable bonds is 5. The van der Waals surface area contributed by atoms with Crippen molar-refractivity contribution in [2.24, 2.45) is 0 Å². The van der Waals surface area contributed by atoms with Crippen LogP contribution in [0.15, 0.2) is 36.5 Å². The normalized spacial score (nSPS) is 10.3. The summed E-state index contributed by atoms with van der Waals surface area (Å²) >= 11 is 0. The molecule has 0 radical (unpaired) electrons. The molecule has 5 heteroatoms. The summed E-state index contributed by atoms with van der Waals surface area (Å²) in [5, 5.41) is 7.58. The lowest BCUT2D eigenvalue weighted by Crippen LogP contribution is -2.16. The molecule has 0 aliphatic carbocycles. The number of hydrogen-bond donors (Lipinski definition) is 0. The van der Waals surface area contributed by atoms with E-state index < -0.39 is 0 Å². The Morgan fingerprint density at radius 3 is 2.75 bits per heavy atom. The molecule has 0 saturated heterocycles. The van der Waals surface area contributed by atoms with E-state index in [0.29, 0.717) is 13.2 Å². The van der Waals surface area contributed by atoms with Crippen molar-refractivity contribution in [2.45, 2.75) is 13.2 Å². The minimum atomic E-state index is 0.432. The highest BCUT2D eigenvalue weighted by Crippen LogP contribution is 2.01. The first kappa shape index (κ1) is 10.6. The Balaban J connectivity index is 1.97. The predicted molar refractivity (Wildman–Crippen MR) is 57.5 cm³/mol. The highest BCUT2D eigenvalue weighted by Gasteiger charge is 2.03. The molecule has 0 unspecified atom stereocenters. The Morgan fingerprint density at radius 2 is 2.00 bits per heavy atom. The van der Waals surface area contributed by atoms with Gasteiger partial charge in [-0.25, -0.2) is 0 Å². The number of methoxy groups -OCH3 is 1. The molecule has 0 spiro atoms. The van der Waals surface area contributed by atoms with Crippen LogP contribution in [0.2, 0.25) is 0 Å². The molecular formula is C11H13N3O2. The zero-order valence-electron chi connectivity index (χ0n) is 9.04. The molecule has 1 aromatic carbocycles. The van der Waals surface area contributed by atoms with Crippen molar-refractivity contribution >= 4 is 0 Å². The number of aromatic nitrogens is 3. The summed E-state index contributed by atoms with van der Waals surface area (Å²) in [7, 11) is 1.62. The molecule has 0 amide bonds. The Kier molecular flexibility index (Phi) is 3.50. The van der Waals surface area contributed by atoms with E-state index in [1.807, 2.05) is 30.3 Å². The summed E-state index contributed by atoms with van der Waals surface area (Å²) in [6.45, 7) is 0.892. The van der Waals surface area contributed by atoms with Crippen LogP contribution >= 0.6 is 0 Å². The van der Waals surface area contributed by atoms with Crippen LogP contribution in [0, 0.1) is 0 Å². The average molecular weight is 219 g/mol. The number of benzene rings is 1. The second-order valence-corrected chi connectivity index (χ2v) is 3.29. The van der Waals surface area contributed by atoms with E-state index >= 15 is 0 Å². The van der Waals surface area contributed by atoms with Gasteiger partial charge in [0.25, 0.3) is 0 Å². The summed E-state index contributed by atoms with van der Waals surface area (Å²) in [4.78, 5) is 6.86. The summed E-state index contributed by atoms with van der Waals surface area (Å²) in [5.74, 6) is 0. The summed E-state index contributed by atoms with van der Waals surface area (Å²) in [6.07, 6.45) is 1.62. The molecule has 84 valence electrons. The Hall–Kier alpha value is -1.88. The second-order valence-electron chi connectivity index (χ2n) is 3.29. The zero-order chi connectivity index (χ0) is 11.2. The Labute approximate surface area is 93.6 Å². The molecule has 0 fully saturated rings. The molecule has 0 N–H and O–H groups in total. The van der Waals surface area contributed by atoms with Crippen molar-refractivity contribution in [3.8, 4) is 0 Å². The van der Waals surface area contributed by atoms with E-state index in [1.165, 1.54) is 4.85 Å². The fourth-order valence-corrected chi connectivity index (χ4v) is 1.31. The fourth-order valence-electron chi connectivity index (χ4n) is 1.31. The number of nitrogens with zero attached hydrogens (tertiary/aromatic N) is 3. The van der Waals surface area contributed by atoms with E-state index in [9.17, 15) is 0 Å².